The van der Waals surface area contributed by atoms with Gasteiger partial charge in [-0.1, -0.05) is 6.92 Å². The molecule has 0 aliphatic rings. The van der Waals surface area contributed by atoms with Crippen LogP contribution in [0, 0.1) is 0 Å². The number of hydrogen-bond acceptors (Lipinski definition) is 2. The maximum atomic E-state index is 9.98. The van der Waals surface area contributed by atoms with Gasteiger partial charge in [-0.15, -0.1) is 0 Å². The van der Waals surface area contributed by atoms with Crippen molar-refractivity contribution in [1.82, 2.24) is 0 Å². The average molecular weight is 150 g/mol. The molecule has 0 aromatic rings. The van der Waals surface area contributed by atoms with Crippen LogP contribution in [0.25, 0.3) is 0 Å². The topological polar surface area (TPSA) is 26.3 Å². The Labute approximate surface area is 64.5 Å². The maximum Gasteiger partial charge on any atom is 0.302 e. The molecule has 0 bridgehead atoms. The second-order valence-electron chi connectivity index (χ2n) is 1.34. The van der Waals surface area contributed by atoms with Crippen LogP contribution in [-0.2, 0) is 31.2 Å². The van der Waals surface area contributed by atoms with Crippen LogP contribution in [0.2, 0.25) is 0 Å². The van der Waals surface area contributed by atoms with Crippen LogP contribution >= 0.6 is 0 Å². The smallest absolute Gasteiger partial charge is 0.302 e. The van der Waals surface area contributed by atoms with Gasteiger partial charge in [0.2, 0.25) is 0 Å². The molecule has 0 saturated carbocycles. The normalized spacial score (nSPS) is 7.25. The van der Waals surface area contributed by atoms with Crippen LogP contribution < -0.4 is 0 Å². The van der Waals surface area contributed by atoms with E-state index in [1.807, 2.05) is 6.92 Å². The first kappa shape index (κ1) is 11.0. The van der Waals surface area contributed by atoms with Gasteiger partial charge in [-0.3, -0.25) is 4.79 Å². The summed E-state index contributed by atoms with van der Waals surface area (Å²) in [6.45, 7) is 3.92. The molecule has 0 unspecified atom stereocenters. The van der Waals surface area contributed by atoms with Crippen molar-refractivity contribution < 1.29 is 31.2 Å². The van der Waals surface area contributed by atoms with Gasteiger partial charge < -0.3 is 4.74 Å². The maximum absolute atomic E-state index is 9.98. The zero-order chi connectivity index (χ0) is 5.70. The minimum absolute atomic E-state index is 0. The van der Waals surface area contributed by atoms with E-state index in [9.17, 15) is 4.79 Å². The van der Waals surface area contributed by atoms with Gasteiger partial charge in [0, 0.05) is 28.6 Å². The molecule has 0 heterocycles. The van der Waals surface area contributed by atoms with Crippen molar-refractivity contribution in [2.45, 2.75) is 20.3 Å². The third-order valence-electron chi connectivity index (χ3n) is 0.509. The van der Waals surface area contributed by atoms with Crippen LogP contribution in [-0.4, -0.2) is 12.6 Å². The van der Waals surface area contributed by atoms with Gasteiger partial charge >= 0.3 is 5.97 Å². The molecule has 0 aromatic heterocycles. The predicted octanol–water partition coefficient (Wildman–Crippen LogP) is 0.957. The Kier molecular flexibility index (Phi) is 9.92. The molecular formula is C5H10O2Ti. The quantitative estimate of drug-likeness (QED) is 0.432. The monoisotopic (exact) mass is 150 g/mol. The molecule has 0 aliphatic heterocycles. The molecule has 0 saturated heterocycles. The first-order valence-electron chi connectivity index (χ1n) is 2.40. The van der Waals surface area contributed by atoms with Crippen molar-refractivity contribution in [1.29, 1.82) is 0 Å². The third-order valence-corrected chi connectivity index (χ3v) is 0.509. The minimum Gasteiger partial charge on any atom is -0.466 e. The summed E-state index contributed by atoms with van der Waals surface area (Å²) >= 11 is 0. The van der Waals surface area contributed by atoms with E-state index in [4.69, 9.17) is 0 Å². The van der Waals surface area contributed by atoms with Gasteiger partial charge in [0.1, 0.15) is 0 Å². The van der Waals surface area contributed by atoms with Crippen LogP contribution in [0.4, 0.5) is 0 Å². The number of carbonyl (C=O) groups excluding carboxylic acids is 1. The summed E-state index contributed by atoms with van der Waals surface area (Å²) in [4.78, 5) is 9.98. The number of hydrogen-bond donors (Lipinski definition) is 0. The van der Waals surface area contributed by atoms with E-state index in [-0.39, 0.29) is 27.7 Å². The van der Waals surface area contributed by atoms with Crippen LogP contribution in [0.5, 0.6) is 0 Å². The van der Waals surface area contributed by atoms with Crippen molar-refractivity contribution >= 4 is 5.97 Å². The number of rotatable bonds is 2. The van der Waals surface area contributed by atoms with Crippen molar-refractivity contribution in [2.75, 3.05) is 6.61 Å². The molecule has 0 aliphatic carbocycles. The fraction of sp³-hybridized carbons (Fsp3) is 0.800. The first-order chi connectivity index (χ1) is 3.27. The van der Waals surface area contributed by atoms with E-state index in [0.29, 0.717) is 6.61 Å². The van der Waals surface area contributed by atoms with Gasteiger partial charge in [-0.2, -0.15) is 0 Å². The largest absolute Gasteiger partial charge is 0.466 e. The van der Waals surface area contributed by atoms with E-state index >= 15 is 0 Å². The Morgan fingerprint density at radius 1 is 1.62 bits per heavy atom. The van der Waals surface area contributed by atoms with Gasteiger partial charge in [0.05, 0.1) is 6.61 Å². The van der Waals surface area contributed by atoms with E-state index in [0.717, 1.165) is 6.42 Å². The molecule has 2 nitrogen and oxygen atoms in total. The Hall–Kier alpha value is 0.184. The summed E-state index contributed by atoms with van der Waals surface area (Å²) in [5.41, 5.74) is 0. The molecule has 3 heteroatoms. The van der Waals surface area contributed by atoms with Gasteiger partial charge in [-0.25, -0.2) is 0 Å². The second-order valence-corrected chi connectivity index (χ2v) is 1.34. The molecule has 0 fully saturated rings. The molecular weight excluding hydrogens is 140 g/mol. The predicted molar refractivity (Wildman–Crippen MR) is 26.9 cm³/mol. The average Bonchev–Trinajstić information content (AvgIpc) is 1.61. The van der Waals surface area contributed by atoms with Crippen LogP contribution in [0.15, 0.2) is 0 Å². The third kappa shape index (κ3) is 9.49. The zero-order valence-electron chi connectivity index (χ0n) is 5.23. The van der Waals surface area contributed by atoms with E-state index in [1.54, 1.807) is 0 Å². The Balaban J connectivity index is 0. The van der Waals surface area contributed by atoms with Crippen molar-refractivity contribution in [3.63, 3.8) is 0 Å². The molecule has 0 atom stereocenters. The standard InChI is InChI=1S/C5H10O2.Ti/c1-3-4-7-5(2)6;/h3-4H2,1-2H3;. The second kappa shape index (κ2) is 7.18. The van der Waals surface area contributed by atoms with Gasteiger partial charge in [0.15, 0.2) is 0 Å². The molecule has 0 radical (unpaired) electrons. The summed E-state index contributed by atoms with van der Waals surface area (Å²) in [5, 5.41) is 0. The van der Waals surface area contributed by atoms with Crippen molar-refractivity contribution in [3.8, 4) is 0 Å². The van der Waals surface area contributed by atoms with Crippen molar-refractivity contribution in [3.05, 3.63) is 0 Å². The van der Waals surface area contributed by atoms with E-state index in [1.165, 1.54) is 6.92 Å². The number of ether oxygens (including phenoxy) is 1. The summed E-state index contributed by atoms with van der Waals surface area (Å²) in [5.74, 6) is -0.193. The molecule has 0 spiro atoms. The first-order valence-corrected chi connectivity index (χ1v) is 2.40. The summed E-state index contributed by atoms with van der Waals surface area (Å²) in [6, 6.07) is 0. The van der Waals surface area contributed by atoms with Gasteiger partial charge in [-0.05, 0) is 6.42 Å². The zero-order valence-corrected chi connectivity index (χ0v) is 6.79. The van der Waals surface area contributed by atoms with E-state index in [2.05, 4.69) is 4.74 Å². The fourth-order valence-corrected chi connectivity index (χ4v) is 0.246. The van der Waals surface area contributed by atoms with Gasteiger partial charge in [0.25, 0.3) is 0 Å². The molecule has 0 amide bonds. The number of esters is 1. The van der Waals surface area contributed by atoms with Crippen molar-refractivity contribution in [2.24, 2.45) is 0 Å². The SMILES string of the molecule is CCCOC(C)=O.[Ti]. The van der Waals surface area contributed by atoms with E-state index < -0.39 is 0 Å². The molecule has 0 rings (SSSR count). The summed E-state index contributed by atoms with van der Waals surface area (Å²) in [7, 11) is 0. The fourth-order valence-electron chi connectivity index (χ4n) is 0.246. The summed E-state index contributed by atoms with van der Waals surface area (Å²) < 4.78 is 4.55. The Morgan fingerprint density at radius 3 is 2.25 bits per heavy atom. The number of carbonyl (C=O) groups is 1. The Bertz CT molecular complexity index is 63.4. The van der Waals surface area contributed by atoms with Crippen LogP contribution in [0.3, 0.4) is 0 Å². The summed E-state index contributed by atoms with van der Waals surface area (Å²) in [6.07, 6.45) is 0.902. The molecule has 0 N–H and O–H groups in total. The molecule has 8 heavy (non-hydrogen) atoms. The Morgan fingerprint density at radius 2 is 2.12 bits per heavy atom. The molecule has 0 aromatic carbocycles. The molecule has 46 valence electrons. The minimum atomic E-state index is -0.193. The van der Waals surface area contributed by atoms with Crippen LogP contribution in [0.1, 0.15) is 20.3 Å².